The van der Waals surface area contributed by atoms with Gasteiger partial charge in [-0.2, -0.15) is 0 Å². The Hall–Kier alpha value is -1.88. The zero-order chi connectivity index (χ0) is 15.5. The van der Waals surface area contributed by atoms with E-state index in [0.29, 0.717) is 31.7 Å². The van der Waals surface area contributed by atoms with Gasteiger partial charge in [-0.05, 0) is 44.0 Å². The molecule has 0 aliphatic carbocycles. The molecule has 0 aromatic heterocycles. The number of amides is 2. The van der Waals surface area contributed by atoms with Gasteiger partial charge < -0.3 is 14.5 Å². The molecule has 5 nitrogen and oxygen atoms in total. The molecule has 0 spiro atoms. The van der Waals surface area contributed by atoms with Gasteiger partial charge in [-0.3, -0.25) is 9.59 Å². The van der Waals surface area contributed by atoms with Crippen molar-refractivity contribution in [2.75, 3.05) is 31.1 Å². The highest BCUT2D eigenvalue weighted by Crippen LogP contribution is 2.22. The summed E-state index contributed by atoms with van der Waals surface area (Å²) in [6, 6.07) is 7.39. The number of anilines is 1. The average Bonchev–Trinajstić information content (AvgIpc) is 2.55. The van der Waals surface area contributed by atoms with Crippen molar-refractivity contribution in [3.63, 3.8) is 0 Å². The summed E-state index contributed by atoms with van der Waals surface area (Å²) in [6.07, 6.45) is 2.72. The van der Waals surface area contributed by atoms with Gasteiger partial charge in [0.1, 0.15) is 0 Å². The fraction of sp³-hybridized carbons (Fsp3) is 0.529. The van der Waals surface area contributed by atoms with E-state index in [2.05, 4.69) is 0 Å². The van der Waals surface area contributed by atoms with Crippen LogP contribution in [0.5, 0.6) is 0 Å². The summed E-state index contributed by atoms with van der Waals surface area (Å²) in [5.41, 5.74) is 1.55. The molecule has 2 amide bonds. The van der Waals surface area contributed by atoms with Crippen molar-refractivity contribution in [2.45, 2.75) is 32.3 Å². The molecule has 3 rings (SSSR count). The molecule has 0 radical (unpaired) electrons. The van der Waals surface area contributed by atoms with Crippen molar-refractivity contribution in [2.24, 2.45) is 0 Å². The lowest BCUT2D eigenvalue weighted by molar-refractivity contribution is -0.119. The Kier molecular flexibility index (Phi) is 4.43. The third kappa shape index (κ3) is 3.14. The molecular weight excluding hydrogens is 280 g/mol. The molecule has 0 bridgehead atoms. The Morgan fingerprint density at radius 1 is 1.18 bits per heavy atom. The summed E-state index contributed by atoms with van der Waals surface area (Å²) in [7, 11) is 0. The lowest BCUT2D eigenvalue weighted by Gasteiger charge is -2.31. The van der Waals surface area contributed by atoms with Crippen LogP contribution in [-0.4, -0.2) is 49.1 Å². The maximum absolute atomic E-state index is 12.5. The van der Waals surface area contributed by atoms with E-state index in [4.69, 9.17) is 4.74 Å². The number of hydrogen-bond donors (Lipinski definition) is 0. The summed E-state index contributed by atoms with van der Waals surface area (Å²) in [5, 5.41) is 0. The minimum absolute atomic E-state index is 0.0340. The van der Waals surface area contributed by atoms with E-state index >= 15 is 0 Å². The molecule has 1 aromatic carbocycles. The van der Waals surface area contributed by atoms with Gasteiger partial charge in [-0.15, -0.1) is 0 Å². The first-order chi connectivity index (χ1) is 10.6. The zero-order valence-electron chi connectivity index (χ0n) is 13.0. The first-order valence-electron chi connectivity index (χ1n) is 7.96. The van der Waals surface area contributed by atoms with Crippen molar-refractivity contribution in [3.05, 3.63) is 29.8 Å². The lowest BCUT2D eigenvalue weighted by Crippen LogP contribution is -2.44. The van der Waals surface area contributed by atoms with Crippen LogP contribution in [0.4, 0.5) is 5.69 Å². The fourth-order valence-electron chi connectivity index (χ4n) is 3.05. The Morgan fingerprint density at radius 2 is 1.95 bits per heavy atom. The minimum atomic E-state index is 0.0340. The predicted molar refractivity (Wildman–Crippen MR) is 84.0 cm³/mol. The normalized spacial score (nSPS) is 22.8. The van der Waals surface area contributed by atoms with Crippen LogP contribution < -0.4 is 4.90 Å². The number of rotatable bonds is 2. The lowest BCUT2D eigenvalue weighted by atomic mass is 10.1. The highest BCUT2D eigenvalue weighted by atomic mass is 16.5. The summed E-state index contributed by atoms with van der Waals surface area (Å²) in [4.78, 5) is 28.1. The van der Waals surface area contributed by atoms with E-state index < -0.39 is 0 Å². The molecule has 5 heteroatoms. The van der Waals surface area contributed by atoms with Crippen molar-refractivity contribution in [3.8, 4) is 0 Å². The number of carbonyl (C=O) groups excluding carboxylic acids is 2. The molecule has 1 aromatic rings. The molecule has 22 heavy (non-hydrogen) atoms. The van der Waals surface area contributed by atoms with Gasteiger partial charge in [0, 0.05) is 37.3 Å². The number of morpholine rings is 1. The molecular formula is C17H22N2O3. The maximum atomic E-state index is 12.5. The van der Waals surface area contributed by atoms with E-state index in [0.717, 1.165) is 25.1 Å². The first-order valence-corrected chi connectivity index (χ1v) is 7.96. The van der Waals surface area contributed by atoms with Gasteiger partial charge in [0.25, 0.3) is 5.91 Å². The molecule has 2 heterocycles. The monoisotopic (exact) mass is 302 g/mol. The summed E-state index contributed by atoms with van der Waals surface area (Å²) < 4.78 is 5.47. The molecule has 0 saturated carbocycles. The number of nitrogens with zero attached hydrogens (tertiary/aromatic N) is 2. The second-order valence-corrected chi connectivity index (χ2v) is 5.98. The molecule has 1 unspecified atom stereocenters. The summed E-state index contributed by atoms with van der Waals surface area (Å²) in [6.45, 7) is 4.60. The molecule has 1 atom stereocenters. The van der Waals surface area contributed by atoms with Crippen LogP contribution in [0.15, 0.2) is 24.3 Å². The maximum Gasteiger partial charge on any atom is 0.254 e. The van der Waals surface area contributed by atoms with Crippen LogP contribution in [0.1, 0.15) is 36.5 Å². The molecule has 2 saturated heterocycles. The van der Waals surface area contributed by atoms with Crippen LogP contribution >= 0.6 is 0 Å². The second kappa shape index (κ2) is 6.48. The number of carbonyl (C=O) groups is 2. The van der Waals surface area contributed by atoms with Gasteiger partial charge >= 0.3 is 0 Å². The van der Waals surface area contributed by atoms with Crippen LogP contribution in [0.25, 0.3) is 0 Å². The third-order valence-electron chi connectivity index (χ3n) is 4.28. The van der Waals surface area contributed by atoms with Crippen LogP contribution in [0.2, 0.25) is 0 Å². The Bertz CT molecular complexity index is 556. The van der Waals surface area contributed by atoms with Crippen LogP contribution in [-0.2, 0) is 9.53 Å². The number of ether oxygens (including phenoxy) is 1. The quantitative estimate of drug-likeness (QED) is 0.840. The first kappa shape index (κ1) is 15.0. The number of benzene rings is 1. The van der Waals surface area contributed by atoms with Gasteiger partial charge in [0.2, 0.25) is 5.91 Å². The standard InChI is InChI=1S/C17H22N2O3/c1-13-12-18(10-11-22-13)17(21)14-5-7-15(8-6-14)19-9-3-2-4-16(19)20/h5-8,13H,2-4,9-12H2,1H3. The van der Waals surface area contributed by atoms with E-state index in [1.807, 2.05) is 41.0 Å². The van der Waals surface area contributed by atoms with Crippen molar-refractivity contribution < 1.29 is 14.3 Å². The smallest absolute Gasteiger partial charge is 0.254 e. The molecule has 2 aliphatic rings. The van der Waals surface area contributed by atoms with E-state index in [1.54, 1.807) is 0 Å². The summed E-state index contributed by atoms with van der Waals surface area (Å²) >= 11 is 0. The van der Waals surface area contributed by atoms with Crippen molar-refractivity contribution >= 4 is 17.5 Å². The summed E-state index contributed by atoms with van der Waals surface area (Å²) in [5.74, 6) is 0.207. The van der Waals surface area contributed by atoms with Crippen LogP contribution in [0.3, 0.4) is 0 Å². The Labute approximate surface area is 130 Å². The Morgan fingerprint density at radius 3 is 2.64 bits per heavy atom. The molecule has 118 valence electrons. The average molecular weight is 302 g/mol. The highest BCUT2D eigenvalue weighted by molar-refractivity contribution is 5.97. The van der Waals surface area contributed by atoms with E-state index in [-0.39, 0.29) is 17.9 Å². The third-order valence-corrected chi connectivity index (χ3v) is 4.28. The number of piperidine rings is 1. The van der Waals surface area contributed by atoms with E-state index in [1.165, 1.54) is 0 Å². The van der Waals surface area contributed by atoms with Gasteiger partial charge in [0.15, 0.2) is 0 Å². The van der Waals surface area contributed by atoms with Crippen molar-refractivity contribution in [1.29, 1.82) is 0 Å². The Balaban J connectivity index is 1.70. The minimum Gasteiger partial charge on any atom is -0.375 e. The van der Waals surface area contributed by atoms with Gasteiger partial charge in [-0.25, -0.2) is 0 Å². The zero-order valence-corrected chi connectivity index (χ0v) is 13.0. The molecule has 0 N–H and O–H groups in total. The highest BCUT2D eigenvalue weighted by Gasteiger charge is 2.23. The molecule has 2 fully saturated rings. The molecule has 2 aliphatic heterocycles. The fourth-order valence-corrected chi connectivity index (χ4v) is 3.05. The predicted octanol–water partition coefficient (Wildman–Crippen LogP) is 2.06. The van der Waals surface area contributed by atoms with Gasteiger partial charge in [-0.1, -0.05) is 0 Å². The van der Waals surface area contributed by atoms with Crippen molar-refractivity contribution in [1.82, 2.24) is 4.90 Å². The largest absolute Gasteiger partial charge is 0.375 e. The second-order valence-electron chi connectivity index (χ2n) is 5.98. The van der Waals surface area contributed by atoms with Crippen LogP contribution in [0, 0.1) is 0 Å². The topological polar surface area (TPSA) is 49.9 Å². The SMILES string of the molecule is CC1CN(C(=O)c2ccc(N3CCCCC3=O)cc2)CCO1. The number of hydrogen-bond acceptors (Lipinski definition) is 3. The van der Waals surface area contributed by atoms with Gasteiger partial charge in [0.05, 0.1) is 12.7 Å². The van der Waals surface area contributed by atoms with E-state index in [9.17, 15) is 9.59 Å².